The Kier molecular flexibility index (Phi) is 9.29. The monoisotopic (exact) mass is 676 g/mol. The molecule has 0 aliphatic heterocycles. The summed E-state index contributed by atoms with van der Waals surface area (Å²) >= 11 is 0. The van der Waals surface area contributed by atoms with Crippen LogP contribution in [-0.2, 0) is 32.5 Å². The standard InChI is InChI=1S/C32H28F4N2O8S/c1-45-25-15-24(33)26(46-16-18-5-2-4-17(10-18)11-27(39)40)14-23(25)30(41)38-29-20-9-8-19(12-20)28(29)31(42)37-21-6-3-7-22(13-21)47(43,44)32(34,35)36/h2-10,13-15,19-20,28-29H,11-12,16H2,1H3,(H,37,42)(H,38,41)(H,39,40). The first-order chi connectivity index (χ1) is 22.2. The van der Waals surface area contributed by atoms with Gasteiger partial charge in [-0.05, 0) is 53.6 Å². The van der Waals surface area contributed by atoms with Gasteiger partial charge in [0.25, 0.3) is 15.7 Å². The summed E-state index contributed by atoms with van der Waals surface area (Å²) in [7, 11) is -4.41. The molecule has 15 heteroatoms. The number of nitrogens with one attached hydrogen (secondary N) is 2. The van der Waals surface area contributed by atoms with Crippen molar-refractivity contribution in [3.63, 3.8) is 0 Å². The van der Waals surface area contributed by atoms with Crippen LogP contribution in [0.1, 0.15) is 27.9 Å². The molecule has 3 aromatic carbocycles. The van der Waals surface area contributed by atoms with Crippen molar-refractivity contribution in [1.82, 2.24) is 5.32 Å². The SMILES string of the molecule is COc1cc(F)c(OCc2cccc(CC(=O)O)c2)cc1C(=O)NC1C2C=CC(C2)C1C(=O)Nc1cccc(S(=O)(=O)C(F)(F)F)c1. The molecule has 3 N–H and O–H groups in total. The molecule has 2 aliphatic rings. The number of rotatable bonds is 11. The first-order valence-corrected chi connectivity index (χ1v) is 15.7. The number of carbonyl (C=O) groups is 3. The lowest BCUT2D eigenvalue weighted by Crippen LogP contribution is -2.47. The number of carboxylic acid groups (broad SMARTS) is 1. The molecule has 2 amide bonds. The lowest BCUT2D eigenvalue weighted by molar-refractivity contribution is -0.136. The highest BCUT2D eigenvalue weighted by Gasteiger charge is 2.49. The number of benzene rings is 3. The van der Waals surface area contributed by atoms with E-state index in [0.717, 1.165) is 24.3 Å². The van der Waals surface area contributed by atoms with Crippen LogP contribution in [0.3, 0.4) is 0 Å². The summed E-state index contributed by atoms with van der Waals surface area (Å²) in [5.74, 6) is -5.04. The fourth-order valence-electron chi connectivity index (χ4n) is 5.86. The van der Waals surface area contributed by atoms with Gasteiger partial charge in [-0.1, -0.05) is 42.5 Å². The summed E-state index contributed by atoms with van der Waals surface area (Å²) in [5.41, 5.74) is -4.72. The summed E-state index contributed by atoms with van der Waals surface area (Å²) < 4.78 is 88.7. The number of hydrogen-bond acceptors (Lipinski definition) is 7. The van der Waals surface area contributed by atoms with E-state index in [-0.39, 0.29) is 47.6 Å². The van der Waals surface area contributed by atoms with E-state index in [1.807, 2.05) is 6.08 Å². The molecule has 5 rings (SSSR count). The average Bonchev–Trinajstić information content (AvgIpc) is 3.62. The summed E-state index contributed by atoms with van der Waals surface area (Å²) in [6.07, 6.45) is 3.93. The summed E-state index contributed by atoms with van der Waals surface area (Å²) in [4.78, 5) is 37.0. The van der Waals surface area contributed by atoms with Crippen molar-refractivity contribution in [2.24, 2.45) is 17.8 Å². The second kappa shape index (κ2) is 13.1. The maximum atomic E-state index is 14.9. The molecule has 10 nitrogen and oxygen atoms in total. The second-order valence-electron chi connectivity index (χ2n) is 11.1. The van der Waals surface area contributed by atoms with E-state index in [9.17, 15) is 40.4 Å². The van der Waals surface area contributed by atoms with Gasteiger partial charge in [0.15, 0.2) is 11.6 Å². The molecule has 1 saturated carbocycles. The molecule has 2 aliphatic carbocycles. The zero-order valence-electron chi connectivity index (χ0n) is 24.6. The number of hydrogen-bond donors (Lipinski definition) is 3. The van der Waals surface area contributed by atoms with Gasteiger partial charge in [0.2, 0.25) is 5.91 Å². The lowest BCUT2D eigenvalue weighted by Gasteiger charge is -2.28. The Bertz CT molecular complexity index is 1860. The van der Waals surface area contributed by atoms with Crippen LogP contribution in [0.5, 0.6) is 11.5 Å². The van der Waals surface area contributed by atoms with Gasteiger partial charge >= 0.3 is 11.5 Å². The number of carboxylic acids is 1. The summed E-state index contributed by atoms with van der Waals surface area (Å²) in [5, 5.41) is 14.3. The van der Waals surface area contributed by atoms with Crippen LogP contribution >= 0.6 is 0 Å². The van der Waals surface area contributed by atoms with Crippen LogP contribution in [0.15, 0.2) is 77.7 Å². The van der Waals surface area contributed by atoms with Crippen molar-refractivity contribution in [1.29, 1.82) is 0 Å². The van der Waals surface area contributed by atoms with Crippen LogP contribution in [0.4, 0.5) is 23.2 Å². The van der Waals surface area contributed by atoms with E-state index in [1.54, 1.807) is 30.3 Å². The molecular weight excluding hydrogens is 648 g/mol. The quantitative estimate of drug-likeness (QED) is 0.192. The minimum atomic E-state index is -5.65. The van der Waals surface area contributed by atoms with Gasteiger partial charge in [0, 0.05) is 17.8 Å². The fourth-order valence-corrected chi connectivity index (χ4v) is 6.67. The van der Waals surface area contributed by atoms with Crippen molar-refractivity contribution >= 4 is 33.3 Å². The predicted molar refractivity (Wildman–Crippen MR) is 159 cm³/mol. The molecule has 4 atom stereocenters. The van der Waals surface area contributed by atoms with Gasteiger partial charge in [0.05, 0.1) is 29.9 Å². The van der Waals surface area contributed by atoms with E-state index in [2.05, 4.69) is 10.6 Å². The average molecular weight is 677 g/mol. The third-order valence-electron chi connectivity index (χ3n) is 8.02. The third kappa shape index (κ3) is 7.09. The van der Waals surface area contributed by atoms with Crippen molar-refractivity contribution in [3.8, 4) is 11.5 Å². The Labute approximate surface area is 266 Å². The van der Waals surface area contributed by atoms with E-state index < -0.39 is 55.8 Å². The number of allylic oxidation sites excluding steroid dienone is 1. The zero-order chi connectivity index (χ0) is 34.1. The number of amides is 2. The maximum Gasteiger partial charge on any atom is 0.501 e. The van der Waals surface area contributed by atoms with E-state index in [1.165, 1.54) is 13.2 Å². The minimum absolute atomic E-state index is 0.0977. The molecule has 0 heterocycles. The van der Waals surface area contributed by atoms with E-state index in [4.69, 9.17) is 14.6 Å². The van der Waals surface area contributed by atoms with Crippen molar-refractivity contribution in [2.75, 3.05) is 12.4 Å². The van der Waals surface area contributed by atoms with Crippen LogP contribution in [0.25, 0.3) is 0 Å². The van der Waals surface area contributed by atoms with E-state index >= 15 is 0 Å². The first-order valence-electron chi connectivity index (χ1n) is 14.2. The molecule has 3 aromatic rings. The lowest BCUT2D eigenvalue weighted by atomic mass is 9.87. The van der Waals surface area contributed by atoms with E-state index in [0.29, 0.717) is 23.6 Å². The highest BCUT2D eigenvalue weighted by molar-refractivity contribution is 7.92. The summed E-state index contributed by atoms with van der Waals surface area (Å²) in [6.45, 7) is -0.136. The maximum absolute atomic E-state index is 14.9. The Morgan fingerprint density at radius 3 is 2.36 bits per heavy atom. The van der Waals surface area contributed by atoms with Crippen LogP contribution in [-0.4, -0.2) is 50.0 Å². The van der Waals surface area contributed by atoms with Gasteiger partial charge in [-0.15, -0.1) is 0 Å². The van der Waals surface area contributed by atoms with Crippen molar-refractivity contribution in [3.05, 3.63) is 95.3 Å². The number of carbonyl (C=O) groups excluding carboxylic acids is 2. The Balaban J connectivity index is 1.33. The van der Waals surface area contributed by atoms with Crippen LogP contribution in [0, 0.1) is 23.6 Å². The smallest absolute Gasteiger partial charge is 0.496 e. The number of sulfone groups is 1. The molecular formula is C32H28F4N2O8S. The summed E-state index contributed by atoms with van der Waals surface area (Å²) in [6, 6.07) is 11.7. The number of aliphatic carboxylic acids is 1. The van der Waals surface area contributed by atoms with Crippen LogP contribution in [0.2, 0.25) is 0 Å². The van der Waals surface area contributed by atoms with Gasteiger partial charge in [-0.3, -0.25) is 14.4 Å². The number of fused-ring (bicyclic) bond motifs is 2. The molecule has 1 fully saturated rings. The van der Waals surface area contributed by atoms with Crippen molar-refractivity contribution < 1.29 is 54.9 Å². The zero-order valence-corrected chi connectivity index (χ0v) is 25.4. The van der Waals surface area contributed by atoms with Gasteiger partial charge in [0.1, 0.15) is 12.4 Å². The van der Waals surface area contributed by atoms with Crippen LogP contribution < -0.4 is 20.1 Å². The highest BCUT2D eigenvalue weighted by Crippen LogP contribution is 2.45. The number of methoxy groups -OCH3 is 1. The molecule has 0 radical (unpaired) electrons. The van der Waals surface area contributed by atoms with Crippen molar-refractivity contribution in [2.45, 2.75) is 35.9 Å². The highest BCUT2D eigenvalue weighted by atomic mass is 32.2. The normalized spacial score (nSPS) is 20.1. The molecule has 0 spiro atoms. The molecule has 2 bridgehead atoms. The topological polar surface area (TPSA) is 148 Å². The second-order valence-corrected chi connectivity index (χ2v) is 13.0. The van der Waals surface area contributed by atoms with Gasteiger partial charge in [-0.25, -0.2) is 12.8 Å². The fraction of sp³-hybridized carbons (Fsp3) is 0.281. The Morgan fingerprint density at radius 2 is 1.66 bits per heavy atom. The predicted octanol–water partition coefficient (Wildman–Crippen LogP) is 4.89. The Hall–Kier alpha value is -4.92. The minimum Gasteiger partial charge on any atom is -0.496 e. The number of ether oxygens (including phenoxy) is 2. The van der Waals surface area contributed by atoms with Gasteiger partial charge < -0.3 is 25.2 Å². The number of alkyl halides is 3. The molecule has 0 aromatic heterocycles. The molecule has 0 saturated heterocycles. The molecule has 4 unspecified atom stereocenters. The number of anilines is 1. The molecule has 47 heavy (non-hydrogen) atoms. The third-order valence-corrected chi connectivity index (χ3v) is 9.50. The number of halogens is 4. The molecule has 248 valence electrons. The van der Waals surface area contributed by atoms with Gasteiger partial charge in [-0.2, -0.15) is 13.2 Å². The largest absolute Gasteiger partial charge is 0.501 e. The first kappa shape index (κ1) is 33.4. The Morgan fingerprint density at radius 1 is 0.957 bits per heavy atom.